The Bertz CT molecular complexity index is 4120. The molecule has 4 nitrogen and oxygen atoms in total. The molecule has 5 heteroatoms. The molecule has 332 valence electrons. The highest BCUT2D eigenvalue weighted by Crippen LogP contribution is 2.44. The van der Waals surface area contributed by atoms with Gasteiger partial charge in [0.15, 0.2) is 11.5 Å². The van der Waals surface area contributed by atoms with Crippen LogP contribution in [0.25, 0.3) is 10.9 Å². The van der Waals surface area contributed by atoms with Crippen molar-refractivity contribution < 1.29 is 9.47 Å². The summed E-state index contributed by atoms with van der Waals surface area (Å²) in [6, 6.07) is 21.6. The van der Waals surface area contributed by atoms with Gasteiger partial charge in [0.25, 0.3) is 0 Å². The lowest BCUT2D eigenvalue weighted by Gasteiger charge is -2.40. The van der Waals surface area contributed by atoms with Crippen LogP contribution < -0.4 is 9.47 Å². The first-order chi connectivity index (χ1) is 36.6. The molecule has 0 amide bonds. The predicted octanol–water partition coefficient (Wildman–Crippen LogP) is 6.49. The largest absolute Gasteiger partial charge is 0.493 e. The van der Waals surface area contributed by atoms with Crippen LogP contribution in [-0.4, -0.2) is 23.5 Å². The number of H-pyrrole nitrogens is 1. The minimum Gasteiger partial charge on any atom is -0.493 e. The number of benzene rings is 3. The highest BCUT2D eigenvalue weighted by atomic mass is 79.9. The first kappa shape index (κ1) is 53.0. The van der Waals surface area contributed by atoms with Crippen LogP contribution in [0.2, 0.25) is 0 Å². The molecule has 0 saturated heterocycles. The predicted molar refractivity (Wildman–Crippen MR) is 296 cm³/mol. The first-order valence-electron chi connectivity index (χ1n) is 21.4. The van der Waals surface area contributed by atoms with Crippen molar-refractivity contribution in [1.82, 2.24) is 9.88 Å². The van der Waals surface area contributed by atoms with Gasteiger partial charge in [-0.25, -0.2) is 0 Å². The number of hydrogen-bond donors (Lipinski definition) is 1. The van der Waals surface area contributed by atoms with Crippen molar-refractivity contribution in [2.45, 2.75) is 32.0 Å². The fourth-order valence-electron chi connectivity index (χ4n) is 6.43. The Kier molecular flexibility index (Phi) is 23.4. The summed E-state index contributed by atoms with van der Waals surface area (Å²) in [6.07, 6.45) is 11.9. The SMILES string of the molecule is C#CC#CC#CC#CC#CC#CC#CC#CC#CC#CC#CC#CC#CC#CC#CC#CC#CC#CC#CC#CC#C.COc1cc2c(cc1OCc1ccccc1)CCN1Cc3[nH]c4ccc(Br)cc4c3CC21. The van der Waals surface area contributed by atoms with Gasteiger partial charge in [-0.3, -0.25) is 4.90 Å². The molecular formula is C69H27BrN2O2. The molecule has 3 aromatic carbocycles. The lowest BCUT2D eigenvalue weighted by atomic mass is 9.85. The van der Waals surface area contributed by atoms with Crippen LogP contribution >= 0.6 is 15.9 Å². The molecule has 1 aromatic heterocycles. The van der Waals surface area contributed by atoms with Crippen LogP contribution in [0, 0.1) is 250 Å². The maximum atomic E-state index is 6.18. The third-order valence-corrected chi connectivity index (χ3v) is 9.80. The molecule has 0 aliphatic carbocycles. The molecule has 0 fully saturated rings. The molecule has 0 bridgehead atoms. The van der Waals surface area contributed by atoms with Gasteiger partial charge < -0.3 is 14.5 Å². The van der Waals surface area contributed by atoms with E-state index in [2.05, 4.69) is 305 Å². The zero-order valence-corrected chi connectivity index (χ0v) is 40.8. The number of terminal acetylenes is 2. The van der Waals surface area contributed by atoms with Crippen molar-refractivity contribution in [2.75, 3.05) is 13.7 Å². The van der Waals surface area contributed by atoms with Crippen molar-refractivity contribution in [3.8, 4) is 261 Å². The summed E-state index contributed by atoms with van der Waals surface area (Å²) in [6.45, 7) is 2.56. The smallest absolute Gasteiger partial charge is 0.161 e. The molecule has 4 aromatic rings. The van der Waals surface area contributed by atoms with Crippen molar-refractivity contribution >= 4 is 26.8 Å². The molecule has 74 heavy (non-hydrogen) atoms. The number of aromatic nitrogens is 1. The number of rotatable bonds is 4. The second-order valence-electron chi connectivity index (χ2n) is 13.7. The fourth-order valence-corrected chi connectivity index (χ4v) is 6.80. The molecule has 1 unspecified atom stereocenters. The Morgan fingerprint density at radius 1 is 0.527 bits per heavy atom. The van der Waals surface area contributed by atoms with Crippen LogP contribution in [0.1, 0.15) is 34.0 Å². The van der Waals surface area contributed by atoms with E-state index >= 15 is 0 Å². The summed E-state index contributed by atoms with van der Waals surface area (Å²) < 4.78 is 13.1. The Morgan fingerprint density at radius 2 is 0.946 bits per heavy atom. The molecule has 1 atom stereocenters. The van der Waals surface area contributed by atoms with Crippen LogP contribution in [0.3, 0.4) is 0 Å². The van der Waals surface area contributed by atoms with Gasteiger partial charge in [0.2, 0.25) is 0 Å². The number of ether oxygens (including phenoxy) is 2. The topological polar surface area (TPSA) is 37.5 Å². The van der Waals surface area contributed by atoms with Gasteiger partial charge in [0.05, 0.1) is 7.11 Å². The van der Waals surface area contributed by atoms with Crippen LogP contribution in [0.4, 0.5) is 0 Å². The molecular weight excluding hydrogens is 969 g/mol. The zero-order chi connectivity index (χ0) is 51.9. The van der Waals surface area contributed by atoms with E-state index in [9.17, 15) is 0 Å². The number of nitrogens with one attached hydrogen (secondary N) is 1. The molecule has 3 heterocycles. The van der Waals surface area contributed by atoms with E-state index in [-0.39, 0.29) is 0 Å². The highest BCUT2D eigenvalue weighted by molar-refractivity contribution is 9.10. The summed E-state index contributed by atoms with van der Waals surface area (Å²) in [5, 5.41) is 1.33. The summed E-state index contributed by atoms with van der Waals surface area (Å²) in [5.41, 5.74) is 7.92. The Balaban J connectivity index is 0.000000281. The number of methoxy groups -OCH3 is 1. The average molecular weight is 996 g/mol. The summed E-state index contributed by atoms with van der Waals surface area (Å²) >= 11 is 3.64. The van der Waals surface area contributed by atoms with Gasteiger partial charge >= 0.3 is 0 Å². The Morgan fingerprint density at radius 3 is 1.35 bits per heavy atom. The molecule has 2 aliphatic heterocycles. The van der Waals surface area contributed by atoms with Gasteiger partial charge in [-0.15, -0.1) is 12.8 Å². The Labute approximate surface area is 443 Å². The molecule has 2 aliphatic rings. The molecule has 0 saturated carbocycles. The summed E-state index contributed by atoms with van der Waals surface area (Å²) in [4.78, 5) is 6.25. The summed E-state index contributed by atoms with van der Waals surface area (Å²) in [7, 11) is 1.73. The van der Waals surface area contributed by atoms with Gasteiger partial charge in [-0.2, -0.15) is 0 Å². The van der Waals surface area contributed by atoms with Crippen molar-refractivity contribution in [1.29, 1.82) is 0 Å². The summed E-state index contributed by atoms with van der Waals surface area (Å²) in [5.74, 6) is 99.8. The van der Waals surface area contributed by atoms with E-state index in [1.807, 2.05) is 18.2 Å². The van der Waals surface area contributed by atoms with Crippen LogP contribution in [0.5, 0.6) is 11.5 Å². The standard InChI is InChI=1S/C42H2.C27H25BrN2O2/c1-3-5-7-9-11-13-15-17-19-21-23-25-27-29-31-33-35-37-39-41-42-40-38-36-34-32-30-28-26-24-22-20-18-16-14-12-10-8-6-4-2;1-31-26-14-20-18(11-27(26)32-16-17-5-3-2-4-6-17)9-10-30-15-24-22(13-25(20)30)21-12-19(28)7-8-23(21)29-24/h1-2H;2-8,11-12,14,25,29H,9-10,13,15-16H2,1H3. The monoisotopic (exact) mass is 994 g/mol. The van der Waals surface area contributed by atoms with Gasteiger partial charge in [0.1, 0.15) is 6.61 Å². The van der Waals surface area contributed by atoms with E-state index in [1.165, 1.54) is 33.3 Å². The van der Waals surface area contributed by atoms with Crippen LogP contribution in [0.15, 0.2) is 65.1 Å². The maximum Gasteiger partial charge on any atom is 0.161 e. The lowest BCUT2D eigenvalue weighted by molar-refractivity contribution is 0.158. The molecule has 6 rings (SSSR count). The van der Waals surface area contributed by atoms with E-state index < -0.39 is 0 Å². The maximum absolute atomic E-state index is 6.18. The van der Waals surface area contributed by atoms with Crippen molar-refractivity contribution in [3.05, 3.63) is 93.1 Å². The van der Waals surface area contributed by atoms with E-state index in [4.69, 9.17) is 22.3 Å². The van der Waals surface area contributed by atoms with Gasteiger partial charge in [-0.1, -0.05) is 46.3 Å². The van der Waals surface area contributed by atoms with E-state index in [1.54, 1.807) is 7.11 Å². The second kappa shape index (κ2) is 32.7. The number of aromatic amines is 1. The van der Waals surface area contributed by atoms with E-state index in [0.717, 1.165) is 47.5 Å². The zero-order valence-electron chi connectivity index (χ0n) is 39.2. The minimum absolute atomic E-state index is 0.362. The third kappa shape index (κ3) is 19.3. The third-order valence-electron chi connectivity index (χ3n) is 9.30. The number of nitrogens with zero attached hydrogens (tertiary/aromatic N) is 1. The first-order valence-corrected chi connectivity index (χ1v) is 22.2. The minimum atomic E-state index is 0.362. The molecule has 1 N–H and O–H groups in total. The average Bonchev–Trinajstić information content (AvgIpc) is 3.78. The van der Waals surface area contributed by atoms with Crippen LogP contribution in [-0.2, 0) is 26.0 Å². The Hall–Kier alpha value is -12.0. The number of halogens is 1. The fraction of sp³-hybridized carbons (Fsp3) is 0.101. The second-order valence-corrected chi connectivity index (χ2v) is 14.6. The number of fused-ring (bicyclic) bond motifs is 6. The lowest BCUT2D eigenvalue weighted by Crippen LogP contribution is -2.39. The van der Waals surface area contributed by atoms with Gasteiger partial charge in [-0.05, 0) is 160 Å². The molecule has 0 spiro atoms. The quantitative estimate of drug-likeness (QED) is 0.238. The normalized spacial score (nSPS) is 9.76. The number of hydrogen-bond acceptors (Lipinski definition) is 3. The molecule has 0 radical (unpaired) electrons. The van der Waals surface area contributed by atoms with Gasteiger partial charge in [0, 0.05) is 182 Å². The highest BCUT2D eigenvalue weighted by Gasteiger charge is 2.34. The van der Waals surface area contributed by atoms with E-state index in [0.29, 0.717) is 12.6 Å². The van der Waals surface area contributed by atoms with Crippen molar-refractivity contribution in [2.24, 2.45) is 0 Å². The van der Waals surface area contributed by atoms with Crippen molar-refractivity contribution in [3.63, 3.8) is 0 Å².